The van der Waals surface area contributed by atoms with E-state index in [1.807, 2.05) is 19.9 Å². The third-order valence-electron chi connectivity index (χ3n) is 4.26. The van der Waals surface area contributed by atoms with E-state index in [4.69, 9.17) is 17.9 Å². The molecule has 1 aromatic heterocycles. The van der Waals surface area contributed by atoms with Gasteiger partial charge in [0, 0.05) is 23.9 Å². The van der Waals surface area contributed by atoms with Crippen molar-refractivity contribution in [1.29, 1.82) is 0 Å². The predicted octanol–water partition coefficient (Wildman–Crippen LogP) is 4.03. The van der Waals surface area contributed by atoms with E-state index in [0.717, 1.165) is 18.2 Å². The van der Waals surface area contributed by atoms with Crippen LogP contribution in [0.3, 0.4) is 0 Å². The fourth-order valence-electron chi connectivity index (χ4n) is 2.52. The lowest BCUT2D eigenvalue weighted by atomic mass is 10.0. The molecular formula is C18H17N3O2. The van der Waals surface area contributed by atoms with Crippen LogP contribution in [0.1, 0.15) is 38.2 Å². The van der Waals surface area contributed by atoms with Crippen LogP contribution in [0.5, 0.6) is 5.75 Å². The van der Waals surface area contributed by atoms with Crippen molar-refractivity contribution in [3.63, 3.8) is 0 Å². The number of aromatic amines is 1. The number of aromatic nitrogens is 1. The molecule has 1 aromatic carbocycles. The summed E-state index contributed by atoms with van der Waals surface area (Å²) in [5.41, 5.74) is 1.22. The Balaban J connectivity index is 2.02. The zero-order chi connectivity index (χ0) is 16.6. The standard InChI is InChI=1S/C18H17N3O2/c1-11(2)13-7-12-8-15(19-3)16(9-14(12)21-17(13)22)23-10-18(20-4)5-6-18/h7-9,11H,5-6,10H2,1-2H3,(H,21,22). The number of benzene rings is 1. The van der Waals surface area contributed by atoms with Gasteiger partial charge in [0.05, 0.1) is 6.57 Å². The monoisotopic (exact) mass is 307 g/mol. The molecule has 1 heterocycles. The van der Waals surface area contributed by atoms with Gasteiger partial charge in [0.15, 0.2) is 6.61 Å². The minimum absolute atomic E-state index is 0.115. The van der Waals surface area contributed by atoms with Crippen LogP contribution in [0.15, 0.2) is 23.0 Å². The van der Waals surface area contributed by atoms with E-state index in [9.17, 15) is 4.79 Å². The topological polar surface area (TPSA) is 50.8 Å². The summed E-state index contributed by atoms with van der Waals surface area (Å²) in [5, 5.41) is 0.818. The lowest BCUT2D eigenvalue weighted by Gasteiger charge is -2.11. The van der Waals surface area contributed by atoms with E-state index in [-0.39, 0.29) is 11.5 Å². The maximum absolute atomic E-state index is 12.1. The lowest BCUT2D eigenvalue weighted by Crippen LogP contribution is -2.15. The van der Waals surface area contributed by atoms with E-state index in [0.29, 0.717) is 29.1 Å². The minimum Gasteiger partial charge on any atom is -0.496 e. The van der Waals surface area contributed by atoms with Crippen LogP contribution in [0, 0.1) is 13.1 Å². The third-order valence-corrected chi connectivity index (χ3v) is 4.26. The average molecular weight is 307 g/mol. The van der Waals surface area contributed by atoms with Gasteiger partial charge in [0.25, 0.3) is 11.1 Å². The molecule has 0 amide bonds. The summed E-state index contributed by atoms with van der Waals surface area (Å²) in [4.78, 5) is 22.1. The van der Waals surface area contributed by atoms with E-state index in [2.05, 4.69) is 14.7 Å². The molecule has 5 heteroatoms. The maximum Gasteiger partial charge on any atom is 0.266 e. The first-order valence-corrected chi connectivity index (χ1v) is 7.58. The maximum atomic E-state index is 12.1. The zero-order valence-electron chi connectivity index (χ0n) is 13.1. The van der Waals surface area contributed by atoms with Crippen LogP contribution in [-0.2, 0) is 0 Å². The van der Waals surface area contributed by atoms with Crippen molar-refractivity contribution < 1.29 is 4.74 Å². The number of H-pyrrole nitrogens is 1. The number of nitrogens with zero attached hydrogens (tertiary/aromatic N) is 2. The molecule has 3 rings (SSSR count). The molecule has 2 aromatic rings. The smallest absolute Gasteiger partial charge is 0.266 e. The number of ether oxygens (including phenoxy) is 1. The van der Waals surface area contributed by atoms with Crippen LogP contribution in [0.25, 0.3) is 20.6 Å². The number of fused-ring (bicyclic) bond motifs is 1. The number of hydrogen-bond acceptors (Lipinski definition) is 2. The van der Waals surface area contributed by atoms with Crippen molar-refractivity contribution in [2.45, 2.75) is 38.1 Å². The van der Waals surface area contributed by atoms with Crippen molar-refractivity contribution in [3.05, 3.63) is 57.0 Å². The van der Waals surface area contributed by atoms with Gasteiger partial charge in [-0.25, -0.2) is 11.4 Å². The van der Waals surface area contributed by atoms with Crippen molar-refractivity contribution in [1.82, 2.24) is 4.98 Å². The quantitative estimate of drug-likeness (QED) is 0.867. The van der Waals surface area contributed by atoms with Crippen LogP contribution < -0.4 is 10.3 Å². The molecule has 1 aliphatic rings. The summed E-state index contributed by atoms with van der Waals surface area (Å²) in [6, 6.07) is 5.25. The summed E-state index contributed by atoms with van der Waals surface area (Å²) in [5.74, 6) is 0.541. The molecule has 0 saturated heterocycles. The normalized spacial score (nSPS) is 15.2. The number of hydrogen-bond donors (Lipinski definition) is 1. The van der Waals surface area contributed by atoms with Gasteiger partial charge in [-0.2, -0.15) is 0 Å². The fourth-order valence-corrected chi connectivity index (χ4v) is 2.52. The van der Waals surface area contributed by atoms with Crippen molar-refractivity contribution in [3.8, 4) is 5.75 Å². The largest absolute Gasteiger partial charge is 0.496 e. The molecule has 1 N–H and O–H groups in total. The Bertz CT molecular complexity index is 909. The average Bonchev–Trinajstić information content (AvgIpc) is 3.31. The number of pyridine rings is 1. The first kappa shape index (κ1) is 15.1. The Kier molecular flexibility index (Phi) is 3.58. The Labute approximate surface area is 134 Å². The van der Waals surface area contributed by atoms with E-state index in [1.54, 1.807) is 12.1 Å². The molecule has 5 nitrogen and oxygen atoms in total. The fraction of sp³-hybridized carbons (Fsp3) is 0.389. The molecule has 116 valence electrons. The van der Waals surface area contributed by atoms with Crippen LogP contribution in [0.4, 0.5) is 5.69 Å². The summed E-state index contributed by atoms with van der Waals surface area (Å²) in [7, 11) is 0. The van der Waals surface area contributed by atoms with Gasteiger partial charge in [0.1, 0.15) is 5.75 Å². The highest BCUT2D eigenvalue weighted by atomic mass is 16.5. The first-order valence-electron chi connectivity index (χ1n) is 7.58. The van der Waals surface area contributed by atoms with Crippen LogP contribution in [0.2, 0.25) is 0 Å². The molecule has 0 aliphatic heterocycles. The van der Waals surface area contributed by atoms with Gasteiger partial charge in [-0.3, -0.25) is 4.79 Å². The van der Waals surface area contributed by atoms with E-state index >= 15 is 0 Å². The second kappa shape index (κ2) is 5.44. The molecule has 0 spiro atoms. The summed E-state index contributed by atoms with van der Waals surface area (Å²) < 4.78 is 5.72. The lowest BCUT2D eigenvalue weighted by molar-refractivity contribution is 0.298. The van der Waals surface area contributed by atoms with Crippen molar-refractivity contribution in [2.24, 2.45) is 0 Å². The number of nitrogens with one attached hydrogen (secondary N) is 1. The Hall–Kier alpha value is -2.79. The highest BCUT2D eigenvalue weighted by molar-refractivity contribution is 5.86. The van der Waals surface area contributed by atoms with Crippen molar-refractivity contribution >= 4 is 16.6 Å². The molecule has 23 heavy (non-hydrogen) atoms. The summed E-state index contributed by atoms with van der Waals surface area (Å²) in [6.07, 6.45) is 1.68. The second-order valence-corrected chi connectivity index (χ2v) is 6.35. The van der Waals surface area contributed by atoms with Crippen LogP contribution >= 0.6 is 0 Å². The Morgan fingerprint density at radius 3 is 2.61 bits per heavy atom. The highest BCUT2D eigenvalue weighted by Crippen LogP contribution is 2.41. The van der Waals surface area contributed by atoms with Gasteiger partial charge < -0.3 is 14.6 Å². The molecule has 0 radical (unpaired) electrons. The van der Waals surface area contributed by atoms with Gasteiger partial charge in [-0.15, -0.1) is 0 Å². The third kappa shape index (κ3) is 2.78. The molecular weight excluding hydrogens is 290 g/mol. The Morgan fingerprint density at radius 2 is 2.04 bits per heavy atom. The van der Waals surface area contributed by atoms with Gasteiger partial charge in [-0.05, 0) is 29.5 Å². The highest BCUT2D eigenvalue weighted by Gasteiger charge is 2.51. The zero-order valence-corrected chi connectivity index (χ0v) is 13.1. The molecule has 0 unspecified atom stereocenters. The Morgan fingerprint density at radius 1 is 1.30 bits per heavy atom. The van der Waals surface area contributed by atoms with Gasteiger partial charge in [0.2, 0.25) is 5.69 Å². The minimum atomic E-state index is -0.414. The van der Waals surface area contributed by atoms with Crippen molar-refractivity contribution in [2.75, 3.05) is 6.61 Å². The second-order valence-electron chi connectivity index (χ2n) is 6.35. The predicted molar refractivity (Wildman–Crippen MR) is 89.0 cm³/mol. The number of rotatable bonds is 4. The van der Waals surface area contributed by atoms with E-state index in [1.165, 1.54) is 0 Å². The molecule has 1 fully saturated rings. The van der Waals surface area contributed by atoms with Gasteiger partial charge in [-0.1, -0.05) is 13.8 Å². The van der Waals surface area contributed by atoms with Gasteiger partial charge >= 0.3 is 0 Å². The summed E-state index contributed by atoms with van der Waals surface area (Å²) >= 11 is 0. The first-order chi connectivity index (χ1) is 11.0. The molecule has 0 atom stereocenters. The van der Waals surface area contributed by atoms with Crippen LogP contribution in [-0.4, -0.2) is 17.1 Å². The van der Waals surface area contributed by atoms with E-state index < -0.39 is 5.54 Å². The SMILES string of the molecule is [C-]#[N+]c1cc2cc(C(C)C)c(=O)[nH]c2cc1OCC1([N+]#[C-])CC1. The molecule has 0 bridgehead atoms. The molecule has 1 saturated carbocycles. The summed E-state index contributed by atoms with van der Waals surface area (Å²) in [6.45, 7) is 18.8. The molecule has 1 aliphatic carbocycles.